The van der Waals surface area contributed by atoms with E-state index in [4.69, 9.17) is 5.73 Å². The maximum absolute atomic E-state index is 6.03. The first-order chi connectivity index (χ1) is 9.74. The highest BCUT2D eigenvalue weighted by Gasteiger charge is 2.05. The molecule has 20 heavy (non-hydrogen) atoms. The highest BCUT2D eigenvalue weighted by Crippen LogP contribution is 2.27. The van der Waals surface area contributed by atoms with E-state index < -0.39 is 0 Å². The molecule has 0 saturated carbocycles. The van der Waals surface area contributed by atoms with Crippen LogP contribution in [0.3, 0.4) is 0 Å². The van der Waals surface area contributed by atoms with Crippen molar-refractivity contribution < 1.29 is 0 Å². The first-order valence-corrected chi connectivity index (χ1v) is 6.52. The van der Waals surface area contributed by atoms with E-state index >= 15 is 0 Å². The lowest BCUT2D eigenvalue weighted by molar-refractivity contribution is 1.09. The van der Waals surface area contributed by atoms with Crippen LogP contribution >= 0.6 is 0 Å². The fourth-order valence-corrected chi connectivity index (χ4v) is 2.15. The molecule has 4 nitrogen and oxygen atoms in total. The summed E-state index contributed by atoms with van der Waals surface area (Å²) in [6.07, 6.45) is 3.57. The van der Waals surface area contributed by atoms with Crippen molar-refractivity contribution in [2.75, 3.05) is 11.1 Å². The summed E-state index contributed by atoms with van der Waals surface area (Å²) in [7, 11) is 0. The second kappa shape index (κ2) is 5.17. The minimum absolute atomic E-state index is 0.656. The standard InChI is InChI=1S/C16H16N4/c1-11-6-7-12(8-18-11)9-20-16-13-4-2-3-5-15(13)19-10-14(16)17/h2-8,10H,9,17H2,1H3,(H,19,20). The number of nitrogens with zero attached hydrogens (tertiary/aromatic N) is 2. The molecule has 3 aromatic rings. The molecule has 0 fully saturated rings. The number of anilines is 2. The number of para-hydroxylation sites is 1. The smallest absolute Gasteiger partial charge is 0.0743 e. The zero-order valence-electron chi connectivity index (χ0n) is 11.3. The molecule has 100 valence electrons. The van der Waals surface area contributed by atoms with Gasteiger partial charge >= 0.3 is 0 Å². The lowest BCUT2D eigenvalue weighted by atomic mass is 10.1. The molecule has 0 atom stereocenters. The van der Waals surface area contributed by atoms with Crippen LogP contribution in [0.5, 0.6) is 0 Å². The molecule has 0 radical (unpaired) electrons. The summed E-state index contributed by atoms with van der Waals surface area (Å²) in [4.78, 5) is 8.62. The van der Waals surface area contributed by atoms with Gasteiger partial charge in [-0.3, -0.25) is 9.97 Å². The second-order valence-electron chi connectivity index (χ2n) is 4.77. The van der Waals surface area contributed by atoms with Crippen molar-refractivity contribution in [2.45, 2.75) is 13.5 Å². The Hall–Kier alpha value is -2.62. The van der Waals surface area contributed by atoms with E-state index in [1.54, 1.807) is 6.20 Å². The van der Waals surface area contributed by atoms with E-state index in [2.05, 4.69) is 21.4 Å². The maximum Gasteiger partial charge on any atom is 0.0743 e. The molecule has 4 heteroatoms. The fraction of sp³-hybridized carbons (Fsp3) is 0.125. The van der Waals surface area contributed by atoms with Crippen LogP contribution in [0, 0.1) is 6.92 Å². The van der Waals surface area contributed by atoms with Gasteiger partial charge in [0.15, 0.2) is 0 Å². The van der Waals surface area contributed by atoms with Crippen LogP contribution in [-0.4, -0.2) is 9.97 Å². The molecular weight excluding hydrogens is 248 g/mol. The molecule has 0 unspecified atom stereocenters. The minimum Gasteiger partial charge on any atom is -0.396 e. The Kier molecular flexibility index (Phi) is 3.21. The van der Waals surface area contributed by atoms with Gasteiger partial charge in [0.25, 0.3) is 0 Å². The Bertz CT molecular complexity index is 735. The van der Waals surface area contributed by atoms with Crippen molar-refractivity contribution in [2.24, 2.45) is 0 Å². The summed E-state index contributed by atoms with van der Waals surface area (Å²) in [6.45, 7) is 2.66. The van der Waals surface area contributed by atoms with Crippen molar-refractivity contribution >= 4 is 22.3 Å². The predicted octanol–water partition coefficient (Wildman–Crippen LogP) is 3.13. The molecule has 0 saturated heterocycles. The predicted molar refractivity (Wildman–Crippen MR) is 82.5 cm³/mol. The van der Waals surface area contributed by atoms with Gasteiger partial charge in [-0.15, -0.1) is 0 Å². The number of aromatic nitrogens is 2. The zero-order valence-corrected chi connectivity index (χ0v) is 11.3. The van der Waals surface area contributed by atoms with Gasteiger partial charge in [-0.1, -0.05) is 24.3 Å². The number of hydrogen-bond donors (Lipinski definition) is 2. The number of benzene rings is 1. The Morgan fingerprint density at radius 2 is 1.90 bits per heavy atom. The summed E-state index contributed by atoms with van der Waals surface area (Å²) in [6, 6.07) is 12.0. The highest BCUT2D eigenvalue weighted by molar-refractivity contribution is 5.96. The average Bonchev–Trinajstić information content (AvgIpc) is 2.48. The molecule has 3 rings (SSSR count). The lowest BCUT2D eigenvalue weighted by Gasteiger charge is -2.12. The molecule has 0 aliphatic heterocycles. The number of nitrogens with one attached hydrogen (secondary N) is 1. The molecule has 0 spiro atoms. The van der Waals surface area contributed by atoms with E-state index in [0.717, 1.165) is 27.8 Å². The second-order valence-corrected chi connectivity index (χ2v) is 4.77. The molecule has 1 aromatic carbocycles. The largest absolute Gasteiger partial charge is 0.396 e. The fourth-order valence-electron chi connectivity index (χ4n) is 2.15. The van der Waals surface area contributed by atoms with Gasteiger partial charge < -0.3 is 11.1 Å². The average molecular weight is 264 g/mol. The van der Waals surface area contributed by atoms with Crippen LogP contribution in [0.1, 0.15) is 11.3 Å². The maximum atomic E-state index is 6.03. The van der Waals surface area contributed by atoms with Crippen LogP contribution in [0.25, 0.3) is 10.9 Å². The molecular formula is C16H16N4. The van der Waals surface area contributed by atoms with Crippen LogP contribution in [0.2, 0.25) is 0 Å². The Morgan fingerprint density at radius 3 is 2.70 bits per heavy atom. The van der Waals surface area contributed by atoms with E-state index in [-0.39, 0.29) is 0 Å². The molecule has 3 N–H and O–H groups in total. The summed E-state index contributed by atoms with van der Waals surface area (Å²) in [5.74, 6) is 0. The summed E-state index contributed by atoms with van der Waals surface area (Å²) >= 11 is 0. The summed E-state index contributed by atoms with van der Waals surface area (Å²) < 4.78 is 0. The zero-order chi connectivity index (χ0) is 13.9. The Morgan fingerprint density at radius 1 is 1.05 bits per heavy atom. The van der Waals surface area contributed by atoms with Crippen molar-refractivity contribution in [3.05, 3.63) is 60.0 Å². The third-order valence-corrected chi connectivity index (χ3v) is 3.25. The van der Waals surface area contributed by atoms with E-state index in [0.29, 0.717) is 12.2 Å². The van der Waals surface area contributed by atoms with Crippen molar-refractivity contribution in [1.29, 1.82) is 0 Å². The number of fused-ring (bicyclic) bond motifs is 1. The lowest BCUT2D eigenvalue weighted by Crippen LogP contribution is -2.04. The first-order valence-electron chi connectivity index (χ1n) is 6.52. The number of nitrogens with two attached hydrogens (primary N) is 1. The summed E-state index contributed by atoms with van der Waals surface area (Å²) in [5.41, 5.74) is 10.7. The molecule has 0 aliphatic rings. The van der Waals surface area contributed by atoms with E-state index in [1.165, 1.54) is 0 Å². The van der Waals surface area contributed by atoms with Gasteiger partial charge in [0.2, 0.25) is 0 Å². The molecule has 0 bridgehead atoms. The van der Waals surface area contributed by atoms with Crippen molar-refractivity contribution in [3.8, 4) is 0 Å². The summed E-state index contributed by atoms with van der Waals surface area (Å²) in [5, 5.41) is 4.42. The molecule has 0 aliphatic carbocycles. The normalized spacial score (nSPS) is 10.7. The monoisotopic (exact) mass is 264 g/mol. The quantitative estimate of drug-likeness (QED) is 0.763. The topological polar surface area (TPSA) is 63.8 Å². The third-order valence-electron chi connectivity index (χ3n) is 3.25. The third kappa shape index (κ3) is 2.40. The number of pyridine rings is 2. The number of rotatable bonds is 3. The van der Waals surface area contributed by atoms with Crippen molar-refractivity contribution in [3.63, 3.8) is 0 Å². The highest BCUT2D eigenvalue weighted by atomic mass is 14.9. The molecule has 0 amide bonds. The van der Waals surface area contributed by atoms with Gasteiger partial charge in [0, 0.05) is 23.8 Å². The van der Waals surface area contributed by atoms with Crippen LogP contribution in [-0.2, 0) is 6.54 Å². The van der Waals surface area contributed by atoms with Crippen LogP contribution in [0.15, 0.2) is 48.8 Å². The SMILES string of the molecule is Cc1ccc(CNc2c(N)cnc3ccccc23)cn1. The van der Waals surface area contributed by atoms with Gasteiger partial charge in [-0.25, -0.2) is 0 Å². The van der Waals surface area contributed by atoms with Gasteiger partial charge in [0.1, 0.15) is 0 Å². The van der Waals surface area contributed by atoms with Crippen LogP contribution < -0.4 is 11.1 Å². The van der Waals surface area contributed by atoms with Gasteiger partial charge in [-0.05, 0) is 24.6 Å². The number of nitrogen functional groups attached to an aromatic ring is 1. The van der Waals surface area contributed by atoms with Gasteiger partial charge in [-0.2, -0.15) is 0 Å². The van der Waals surface area contributed by atoms with E-state index in [9.17, 15) is 0 Å². The Labute approximate surface area is 117 Å². The Balaban J connectivity index is 1.90. The van der Waals surface area contributed by atoms with E-state index in [1.807, 2.05) is 43.5 Å². The number of hydrogen-bond acceptors (Lipinski definition) is 4. The molecule has 2 heterocycles. The molecule has 2 aromatic heterocycles. The minimum atomic E-state index is 0.656. The number of aryl methyl sites for hydroxylation is 1. The van der Waals surface area contributed by atoms with Gasteiger partial charge in [0.05, 0.1) is 23.1 Å². The van der Waals surface area contributed by atoms with Crippen LogP contribution in [0.4, 0.5) is 11.4 Å². The first kappa shape index (κ1) is 12.4. The van der Waals surface area contributed by atoms with Crippen molar-refractivity contribution in [1.82, 2.24) is 9.97 Å².